The Labute approximate surface area is 73.2 Å². The molecule has 0 saturated carbocycles. The molecule has 1 heterocycles. The third-order valence-electron chi connectivity index (χ3n) is 0.629. The zero-order valence-corrected chi connectivity index (χ0v) is 7.58. The summed E-state index contributed by atoms with van der Waals surface area (Å²) in [5.41, 5.74) is 0. The lowest BCUT2D eigenvalue weighted by molar-refractivity contribution is -0.134. The molecule has 3 nitrogen and oxygen atoms in total. The zero-order valence-electron chi connectivity index (χ0n) is 5.99. The van der Waals surface area contributed by atoms with Gasteiger partial charge in [0.1, 0.15) is 4.60 Å². The van der Waals surface area contributed by atoms with Gasteiger partial charge in [-0.05, 0) is 28.1 Å². The Morgan fingerprint density at radius 1 is 1.64 bits per heavy atom. The SMILES string of the molecule is Brc1ccccn1.CC(=O)O. The second-order valence-electron chi connectivity index (χ2n) is 1.67. The highest BCUT2D eigenvalue weighted by Crippen LogP contribution is 2.00. The van der Waals surface area contributed by atoms with Crippen molar-refractivity contribution in [2.75, 3.05) is 0 Å². The van der Waals surface area contributed by atoms with Crippen molar-refractivity contribution in [3.8, 4) is 0 Å². The highest BCUT2D eigenvalue weighted by molar-refractivity contribution is 9.10. The summed E-state index contributed by atoms with van der Waals surface area (Å²) < 4.78 is 0.884. The first-order valence-corrected chi connectivity index (χ1v) is 3.68. The average molecular weight is 218 g/mol. The molecule has 60 valence electrons. The van der Waals surface area contributed by atoms with Gasteiger partial charge in [-0.3, -0.25) is 4.79 Å². The highest BCUT2D eigenvalue weighted by atomic mass is 79.9. The van der Waals surface area contributed by atoms with Crippen molar-refractivity contribution >= 4 is 21.9 Å². The van der Waals surface area contributed by atoms with E-state index >= 15 is 0 Å². The number of halogens is 1. The number of hydrogen-bond donors (Lipinski definition) is 1. The second kappa shape index (κ2) is 5.85. The number of aliphatic carboxylic acids is 1. The molecule has 0 fully saturated rings. The van der Waals surface area contributed by atoms with Gasteiger partial charge in [-0.1, -0.05) is 6.07 Å². The van der Waals surface area contributed by atoms with Crippen molar-refractivity contribution < 1.29 is 9.90 Å². The van der Waals surface area contributed by atoms with Crippen LogP contribution in [0.3, 0.4) is 0 Å². The fourth-order valence-electron chi connectivity index (χ4n) is 0.342. The van der Waals surface area contributed by atoms with E-state index in [4.69, 9.17) is 9.90 Å². The monoisotopic (exact) mass is 217 g/mol. The molecule has 0 aliphatic carbocycles. The summed E-state index contributed by atoms with van der Waals surface area (Å²) >= 11 is 3.20. The number of nitrogens with zero attached hydrogens (tertiary/aromatic N) is 1. The molecule has 0 radical (unpaired) electrons. The number of carbonyl (C=O) groups is 1. The van der Waals surface area contributed by atoms with Gasteiger partial charge in [-0.25, -0.2) is 4.98 Å². The minimum atomic E-state index is -0.833. The van der Waals surface area contributed by atoms with Crippen LogP contribution in [0.2, 0.25) is 0 Å². The summed E-state index contributed by atoms with van der Waals surface area (Å²) in [6, 6.07) is 5.70. The molecule has 0 saturated heterocycles. The Bertz CT molecular complexity index is 209. The molecule has 1 aromatic rings. The van der Waals surface area contributed by atoms with Crippen LogP contribution in [0.1, 0.15) is 6.92 Å². The van der Waals surface area contributed by atoms with E-state index in [-0.39, 0.29) is 0 Å². The van der Waals surface area contributed by atoms with E-state index in [9.17, 15) is 0 Å². The molecule has 1 aromatic heterocycles. The molecule has 0 aliphatic rings. The van der Waals surface area contributed by atoms with Gasteiger partial charge in [-0.15, -0.1) is 0 Å². The Kier molecular flexibility index (Phi) is 5.37. The predicted octanol–water partition coefficient (Wildman–Crippen LogP) is 1.93. The maximum absolute atomic E-state index is 9.00. The van der Waals surface area contributed by atoms with Crippen LogP contribution < -0.4 is 0 Å². The Morgan fingerprint density at radius 2 is 2.18 bits per heavy atom. The van der Waals surface area contributed by atoms with Crippen LogP contribution in [-0.4, -0.2) is 16.1 Å². The van der Waals surface area contributed by atoms with Gasteiger partial charge in [0.15, 0.2) is 0 Å². The van der Waals surface area contributed by atoms with Crippen LogP contribution in [0, 0.1) is 0 Å². The fraction of sp³-hybridized carbons (Fsp3) is 0.143. The van der Waals surface area contributed by atoms with Crippen molar-refractivity contribution in [2.24, 2.45) is 0 Å². The van der Waals surface area contributed by atoms with E-state index in [2.05, 4.69) is 20.9 Å². The largest absolute Gasteiger partial charge is 0.481 e. The van der Waals surface area contributed by atoms with Gasteiger partial charge in [-0.2, -0.15) is 0 Å². The summed E-state index contributed by atoms with van der Waals surface area (Å²) in [5, 5.41) is 7.42. The summed E-state index contributed by atoms with van der Waals surface area (Å²) in [6.07, 6.45) is 1.74. The number of pyridine rings is 1. The number of hydrogen-bond acceptors (Lipinski definition) is 2. The molecule has 0 spiro atoms. The summed E-state index contributed by atoms with van der Waals surface area (Å²) in [4.78, 5) is 12.9. The summed E-state index contributed by atoms with van der Waals surface area (Å²) in [6.45, 7) is 1.08. The number of aromatic nitrogens is 1. The lowest BCUT2D eigenvalue weighted by atomic mass is 10.5. The van der Waals surface area contributed by atoms with Gasteiger partial charge in [0.05, 0.1) is 0 Å². The second-order valence-corrected chi connectivity index (χ2v) is 2.48. The summed E-state index contributed by atoms with van der Waals surface area (Å²) in [7, 11) is 0. The first-order valence-electron chi connectivity index (χ1n) is 2.89. The van der Waals surface area contributed by atoms with E-state index in [1.54, 1.807) is 6.20 Å². The molecule has 1 rings (SSSR count). The van der Waals surface area contributed by atoms with Crippen LogP contribution in [-0.2, 0) is 4.79 Å². The molecular weight excluding hydrogens is 210 g/mol. The Balaban J connectivity index is 0.000000218. The van der Waals surface area contributed by atoms with Crippen LogP contribution in [0.5, 0.6) is 0 Å². The van der Waals surface area contributed by atoms with E-state index in [0.717, 1.165) is 11.5 Å². The number of carboxylic acids is 1. The van der Waals surface area contributed by atoms with Crippen LogP contribution >= 0.6 is 15.9 Å². The first kappa shape index (κ1) is 10.1. The van der Waals surface area contributed by atoms with Crippen LogP contribution in [0.4, 0.5) is 0 Å². The maximum atomic E-state index is 9.00. The van der Waals surface area contributed by atoms with E-state index in [1.165, 1.54) is 0 Å². The minimum absolute atomic E-state index is 0.833. The normalized spacial score (nSPS) is 7.82. The molecule has 0 atom stereocenters. The Hall–Kier alpha value is -0.900. The smallest absolute Gasteiger partial charge is 0.300 e. The molecule has 1 N–H and O–H groups in total. The van der Waals surface area contributed by atoms with Crippen LogP contribution in [0.15, 0.2) is 29.0 Å². The van der Waals surface area contributed by atoms with E-state index in [0.29, 0.717) is 0 Å². The minimum Gasteiger partial charge on any atom is -0.481 e. The van der Waals surface area contributed by atoms with Crippen molar-refractivity contribution in [3.05, 3.63) is 29.0 Å². The standard InChI is InChI=1S/C5H4BrN.C2H4O2/c6-5-3-1-2-4-7-5;1-2(3)4/h1-4H;1H3,(H,3,4). The van der Waals surface area contributed by atoms with E-state index < -0.39 is 5.97 Å². The Morgan fingerprint density at radius 3 is 2.36 bits per heavy atom. The topological polar surface area (TPSA) is 50.2 Å². The van der Waals surface area contributed by atoms with Gasteiger partial charge in [0, 0.05) is 13.1 Å². The average Bonchev–Trinajstić information content (AvgIpc) is 1.87. The molecule has 0 aliphatic heterocycles. The fourth-order valence-corrected chi connectivity index (χ4v) is 0.613. The lowest BCUT2D eigenvalue weighted by Gasteiger charge is -1.80. The maximum Gasteiger partial charge on any atom is 0.300 e. The third-order valence-corrected chi connectivity index (χ3v) is 1.10. The van der Waals surface area contributed by atoms with Gasteiger partial charge < -0.3 is 5.11 Å². The first-order chi connectivity index (χ1) is 5.13. The molecule has 0 unspecified atom stereocenters. The molecule has 0 bridgehead atoms. The van der Waals surface area contributed by atoms with Gasteiger partial charge in [0.25, 0.3) is 5.97 Å². The lowest BCUT2D eigenvalue weighted by Crippen LogP contribution is -1.78. The van der Waals surface area contributed by atoms with E-state index in [1.807, 2.05) is 18.2 Å². The molecule has 0 amide bonds. The highest BCUT2D eigenvalue weighted by Gasteiger charge is 1.75. The van der Waals surface area contributed by atoms with Crippen molar-refractivity contribution in [1.29, 1.82) is 0 Å². The number of rotatable bonds is 0. The summed E-state index contributed by atoms with van der Waals surface area (Å²) in [5.74, 6) is -0.833. The van der Waals surface area contributed by atoms with Crippen molar-refractivity contribution in [1.82, 2.24) is 4.98 Å². The third kappa shape index (κ3) is 9.10. The zero-order chi connectivity index (χ0) is 8.69. The molecule has 11 heavy (non-hydrogen) atoms. The van der Waals surface area contributed by atoms with Crippen molar-refractivity contribution in [3.63, 3.8) is 0 Å². The quantitative estimate of drug-likeness (QED) is 0.677. The molecule has 0 aromatic carbocycles. The van der Waals surface area contributed by atoms with Crippen molar-refractivity contribution in [2.45, 2.75) is 6.92 Å². The van der Waals surface area contributed by atoms with Gasteiger partial charge in [0.2, 0.25) is 0 Å². The van der Waals surface area contributed by atoms with Crippen LogP contribution in [0.25, 0.3) is 0 Å². The number of carboxylic acid groups (broad SMARTS) is 1. The predicted molar refractivity (Wildman–Crippen MR) is 45.2 cm³/mol. The molecule has 4 heteroatoms. The molecular formula is C7H8BrNO2. The van der Waals surface area contributed by atoms with Gasteiger partial charge >= 0.3 is 0 Å².